The number of hydrogen-bond acceptors (Lipinski definition) is 8. The lowest BCUT2D eigenvalue weighted by atomic mass is 10.2. The van der Waals surface area contributed by atoms with Gasteiger partial charge in [-0.2, -0.15) is 4.31 Å². The molecule has 0 bridgehead atoms. The van der Waals surface area contributed by atoms with Gasteiger partial charge in [-0.05, 0) is 30.3 Å². The standard InChI is InChI=1S/C23H26N2O6S2/c1-5-25(6-2)33(27,28)21-13-17(10-11-20(21)30-4)23(26)31-14-18-15-32-22(24-18)16-8-7-9-19(12-16)29-3/h7-13,15H,5-6,14H2,1-4H3. The lowest BCUT2D eigenvalue weighted by Gasteiger charge is -2.20. The molecule has 0 N–H and O–H groups in total. The second kappa shape index (κ2) is 10.8. The number of thiazole rings is 1. The van der Waals surface area contributed by atoms with Crippen LogP contribution in [0, 0.1) is 0 Å². The van der Waals surface area contributed by atoms with Crippen LogP contribution in [-0.2, 0) is 21.4 Å². The summed E-state index contributed by atoms with van der Waals surface area (Å²) in [6.45, 7) is 4.06. The number of rotatable bonds is 10. The van der Waals surface area contributed by atoms with E-state index < -0.39 is 16.0 Å². The highest BCUT2D eigenvalue weighted by Crippen LogP contribution is 2.29. The lowest BCUT2D eigenvalue weighted by Crippen LogP contribution is -2.31. The van der Waals surface area contributed by atoms with E-state index >= 15 is 0 Å². The molecule has 1 aromatic heterocycles. The summed E-state index contributed by atoms with van der Waals surface area (Å²) in [5, 5.41) is 2.59. The second-order valence-electron chi connectivity index (χ2n) is 6.91. The molecule has 33 heavy (non-hydrogen) atoms. The number of aromatic nitrogens is 1. The minimum absolute atomic E-state index is 0.0382. The maximum atomic E-state index is 13.0. The van der Waals surface area contributed by atoms with Gasteiger partial charge in [0.25, 0.3) is 0 Å². The van der Waals surface area contributed by atoms with E-state index in [1.165, 1.54) is 41.0 Å². The van der Waals surface area contributed by atoms with Crippen molar-refractivity contribution in [1.29, 1.82) is 0 Å². The molecule has 3 aromatic rings. The van der Waals surface area contributed by atoms with Crippen molar-refractivity contribution >= 4 is 27.3 Å². The van der Waals surface area contributed by atoms with Gasteiger partial charge in [-0.25, -0.2) is 18.2 Å². The SMILES string of the molecule is CCN(CC)S(=O)(=O)c1cc(C(=O)OCc2csc(-c3cccc(OC)c3)n2)ccc1OC. The third-order valence-electron chi connectivity index (χ3n) is 4.94. The van der Waals surface area contributed by atoms with Gasteiger partial charge < -0.3 is 14.2 Å². The van der Waals surface area contributed by atoms with Crippen molar-refractivity contribution in [3.63, 3.8) is 0 Å². The number of sulfonamides is 1. The van der Waals surface area contributed by atoms with Crippen molar-refractivity contribution in [1.82, 2.24) is 9.29 Å². The highest BCUT2D eigenvalue weighted by molar-refractivity contribution is 7.89. The largest absolute Gasteiger partial charge is 0.497 e. The van der Waals surface area contributed by atoms with Crippen molar-refractivity contribution < 1.29 is 27.4 Å². The molecule has 0 unspecified atom stereocenters. The second-order valence-corrected chi connectivity index (χ2v) is 9.67. The monoisotopic (exact) mass is 490 g/mol. The van der Waals surface area contributed by atoms with Crippen molar-refractivity contribution in [2.75, 3.05) is 27.3 Å². The highest BCUT2D eigenvalue weighted by atomic mass is 32.2. The number of nitrogens with zero attached hydrogens (tertiary/aromatic N) is 2. The fourth-order valence-electron chi connectivity index (χ4n) is 3.19. The maximum absolute atomic E-state index is 13.0. The minimum Gasteiger partial charge on any atom is -0.497 e. The molecular weight excluding hydrogens is 464 g/mol. The smallest absolute Gasteiger partial charge is 0.338 e. The van der Waals surface area contributed by atoms with Crippen LogP contribution in [0.15, 0.2) is 52.7 Å². The highest BCUT2D eigenvalue weighted by Gasteiger charge is 2.27. The van der Waals surface area contributed by atoms with Crippen molar-refractivity contribution in [3.05, 3.63) is 59.1 Å². The molecule has 0 aliphatic rings. The third kappa shape index (κ3) is 5.52. The van der Waals surface area contributed by atoms with Crippen LogP contribution in [0.4, 0.5) is 0 Å². The van der Waals surface area contributed by atoms with Gasteiger partial charge in [0.1, 0.15) is 28.0 Å². The van der Waals surface area contributed by atoms with Crippen LogP contribution in [0.3, 0.4) is 0 Å². The summed E-state index contributed by atoms with van der Waals surface area (Å²) in [4.78, 5) is 17.1. The van der Waals surface area contributed by atoms with E-state index in [1.54, 1.807) is 21.0 Å². The molecule has 0 aliphatic carbocycles. The molecule has 0 aliphatic heterocycles. The van der Waals surface area contributed by atoms with Gasteiger partial charge in [0.15, 0.2) is 0 Å². The fraction of sp³-hybridized carbons (Fsp3) is 0.304. The van der Waals surface area contributed by atoms with E-state index in [0.717, 1.165) is 16.3 Å². The van der Waals surface area contributed by atoms with Crippen molar-refractivity contribution in [3.8, 4) is 22.1 Å². The molecule has 1 heterocycles. The number of carbonyl (C=O) groups is 1. The van der Waals surface area contributed by atoms with Gasteiger partial charge in [0, 0.05) is 24.0 Å². The van der Waals surface area contributed by atoms with Crippen LogP contribution >= 0.6 is 11.3 Å². The van der Waals surface area contributed by atoms with Gasteiger partial charge in [0.05, 0.1) is 25.5 Å². The van der Waals surface area contributed by atoms with Crippen molar-refractivity contribution in [2.45, 2.75) is 25.3 Å². The molecule has 8 nitrogen and oxygen atoms in total. The first-order chi connectivity index (χ1) is 15.8. The summed E-state index contributed by atoms with van der Waals surface area (Å²) in [6, 6.07) is 11.8. The molecular formula is C23H26N2O6S2. The number of ether oxygens (including phenoxy) is 3. The van der Waals surface area contributed by atoms with E-state index in [4.69, 9.17) is 14.2 Å². The molecule has 0 saturated carbocycles. The van der Waals surface area contributed by atoms with Gasteiger partial charge in [-0.15, -0.1) is 11.3 Å². The number of hydrogen-bond donors (Lipinski definition) is 0. The van der Waals surface area contributed by atoms with Crippen LogP contribution in [-0.4, -0.2) is 51.0 Å². The first-order valence-corrected chi connectivity index (χ1v) is 12.6. The Morgan fingerprint density at radius 3 is 2.48 bits per heavy atom. The molecule has 0 saturated heterocycles. The topological polar surface area (TPSA) is 95.0 Å². The van der Waals surface area contributed by atoms with Crippen LogP contribution in [0.25, 0.3) is 10.6 Å². The molecule has 2 aromatic carbocycles. The van der Waals surface area contributed by atoms with Gasteiger partial charge in [-0.1, -0.05) is 26.0 Å². The van der Waals surface area contributed by atoms with E-state index in [9.17, 15) is 13.2 Å². The van der Waals surface area contributed by atoms with Crippen LogP contribution in [0.1, 0.15) is 29.9 Å². The van der Waals surface area contributed by atoms with Gasteiger partial charge in [0.2, 0.25) is 10.0 Å². The Morgan fingerprint density at radius 2 is 1.82 bits per heavy atom. The summed E-state index contributed by atoms with van der Waals surface area (Å²) < 4.78 is 43.1. The zero-order valence-corrected chi connectivity index (χ0v) is 20.5. The first kappa shape index (κ1) is 24.7. The summed E-state index contributed by atoms with van der Waals surface area (Å²) >= 11 is 1.43. The predicted octanol–water partition coefficient (Wildman–Crippen LogP) is 4.21. The van der Waals surface area contributed by atoms with E-state index in [1.807, 2.05) is 29.6 Å². The van der Waals surface area contributed by atoms with E-state index in [2.05, 4.69) is 4.98 Å². The Labute approximate surface area is 197 Å². The number of benzene rings is 2. The van der Waals surface area contributed by atoms with Crippen LogP contribution in [0.2, 0.25) is 0 Å². The fourth-order valence-corrected chi connectivity index (χ4v) is 5.63. The van der Waals surface area contributed by atoms with Gasteiger partial charge >= 0.3 is 5.97 Å². The molecule has 3 rings (SSSR count). The quantitative estimate of drug-likeness (QED) is 0.393. The zero-order valence-electron chi connectivity index (χ0n) is 18.9. The number of methoxy groups -OCH3 is 2. The number of carbonyl (C=O) groups excluding carboxylic acids is 1. The Morgan fingerprint density at radius 1 is 1.06 bits per heavy atom. The normalized spacial score (nSPS) is 11.4. The van der Waals surface area contributed by atoms with Crippen molar-refractivity contribution in [2.24, 2.45) is 0 Å². The Balaban J connectivity index is 1.77. The minimum atomic E-state index is -3.82. The average Bonchev–Trinajstić information content (AvgIpc) is 3.32. The Hall–Kier alpha value is -2.95. The molecule has 176 valence electrons. The summed E-state index contributed by atoms with van der Waals surface area (Å²) in [7, 11) is -0.834. The maximum Gasteiger partial charge on any atom is 0.338 e. The Kier molecular flexibility index (Phi) is 8.06. The average molecular weight is 491 g/mol. The molecule has 0 fully saturated rings. The molecule has 0 atom stereocenters. The van der Waals surface area contributed by atoms with Crippen LogP contribution < -0.4 is 9.47 Å². The summed E-state index contributed by atoms with van der Waals surface area (Å²) in [6.07, 6.45) is 0. The molecule has 0 amide bonds. The van der Waals surface area contributed by atoms with Crippen LogP contribution in [0.5, 0.6) is 11.5 Å². The van der Waals surface area contributed by atoms with E-state index in [0.29, 0.717) is 18.8 Å². The Bertz CT molecular complexity index is 1220. The predicted molar refractivity (Wildman–Crippen MR) is 126 cm³/mol. The summed E-state index contributed by atoms with van der Waals surface area (Å²) in [5.41, 5.74) is 1.61. The first-order valence-electron chi connectivity index (χ1n) is 10.3. The van der Waals surface area contributed by atoms with Gasteiger partial charge in [-0.3, -0.25) is 0 Å². The molecule has 10 heteroatoms. The third-order valence-corrected chi connectivity index (χ3v) is 7.95. The van der Waals surface area contributed by atoms with E-state index in [-0.39, 0.29) is 22.8 Å². The summed E-state index contributed by atoms with van der Waals surface area (Å²) in [5.74, 6) is 0.246. The zero-order chi connectivity index (χ0) is 24.0. The lowest BCUT2D eigenvalue weighted by molar-refractivity contribution is 0.0468. The number of esters is 1. The molecule has 0 spiro atoms. The molecule has 0 radical (unpaired) electrons.